The number of halogens is 1. The van der Waals surface area contributed by atoms with E-state index in [-0.39, 0.29) is 6.54 Å². The Kier molecular flexibility index (Phi) is 6.87. The van der Waals surface area contributed by atoms with Crippen LogP contribution in [0.2, 0.25) is 5.02 Å². The minimum atomic E-state index is 0.258. The van der Waals surface area contributed by atoms with E-state index in [1.807, 2.05) is 12.1 Å². The molecule has 0 aliphatic rings. The molecule has 0 unspecified atom stereocenters. The van der Waals surface area contributed by atoms with Crippen molar-refractivity contribution in [2.24, 2.45) is 10.7 Å². The van der Waals surface area contributed by atoms with Crippen molar-refractivity contribution in [3.05, 3.63) is 35.2 Å². The quantitative estimate of drug-likeness (QED) is 0.438. The maximum absolute atomic E-state index is 5.86. The molecule has 23 heavy (non-hydrogen) atoms. The highest BCUT2D eigenvalue weighted by atomic mass is 35.5. The maximum Gasteiger partial charge on any atom is 0.248 e. The van der Waals surface area contributed by atoms with Gasteiger partial charge in [0.25, 0.3) is 0 Å². The van der Waals surface area contributed by atoms with Crippen LogP contribution in [0.15, 0.2) is 33.8 Å². The lowest BCUT2D eigenvalue weighted by Gasteiger charge is -2.04. The number of unbranched alkanes of at least 4 members (excludes halogenated alkanes) is 3. The fourth-order valence-electron chi connectivity index (χ4n) is 2.01. The fraction of sp³-hybridized carbons (Fsp3) is 0.438. The lowest BCUT2D eigenvalue weighted by molar-refractivity contribution is 0.381. The number of hydrogen-bond donors (Lipinski definition) is 2. The highest BCUT2D eigenvalue weighted by molar-refractivity contribution is 6.30. The van der Waals surface area contributed by atoms with E-state index < -0.39 is 0 Å². The molecule has 0 aliphatic carbocycles. The van der Waals surface area contributed by atoms with Gasteiger partial charge in [-0.1, -0.05) is 42.9 Å². The van der Waals surface area contributed by atoms with Gasteiger partial charge in [-0.2, -0.15) is 4.98 Å². The van der Waals surface area contributed by atoms with Gasteiger partial charge >= 0.3 is 0 Å². The lowest BCUT2D eigenvalue weighted by Crippen LogP contribution is -2.32. The van der Waals surface area contributed by atoms with Crippen LogP contribution in [0.1, 0.15) is 38.5 Å². The number of nitrogens with one attached hydrogen (secondary N) is 1. The van der Waals surface area contributed by atoms with Gasteiger partial charge in [0, 0.05) is 17.1 Å². The van der Waals surface area contributed by atoms with E-state index >= 15 is 0 Å². The minimum Gasteiger partial charge on any atom is -0.370 e. The summed E-state index contributed by atoms with van der Waals surface area (Å²) in [6, 6.07) is 7.25. The van der Waals surface area contributed by atoms with Crippen LogP contribution in [0.25, 0.3) is 11.4 Å². The Labute approximate surface area is 141 Å². The molecular formula is C16H22ClN5O. The average Bonchev–Trinajstić information content (AvgIpc) is 3.02. The number of aromatic nitrogens is 2. The topological polar surface area (TPSA) is 89.3 Å². The van der Waals surface area contributed by atoms with E-state index in [2.05, 4.69) is 27.4 Å². The Balaban J connectivity index is 1.82. The smallest absolute Gasteiger partial charge is 0.248 e. The summed E-state index contributed by atoms with van der Waals surface area (Å²) in [7, 11) is 0. The normalized spacial score (nSPS) is 11.7. The van der Waals surface area contributed by atoms with Crippen LogP contribution in [0.5, 0.6) is 0 Å². The van der Waals surface area contributed by atoms with Crippen molar-refractivity contribution in [3.63, 3.8) is 0 Å². The number of rotatable bonds is 8. The molecule has 3 N–H and O–H groups in total. The molecule has 0 radical (unpaired) electrons. The van der Waals surface area contributed by atoms with E-state index in [9.17, 15) is 0 Å². The number of nitrogens with zero attached hydrogens (tertiary/aromatic N) is 3. The first-order valence-corrected chi connectivity index (χ1v) is 8.19. The molecule has 0 saturated carbocycles. The average molecular weight is 336 g/mol. The van der Waals surface area contributed by atoms with E-state index in [0.29, 0.717) is 22.7 Å². The van der Waals surface area contributed by atoms with Gasteiger partial charge in [-0.05, 0) is 30.7 Å². The molecule has 1 aromatic heterocycles. The lowest BCUT2D eigenvalue weighted by atomic mass is 10.2. The summed E-state index contributed by atoms with van der Waals surface area (Å²) >= 11 is 5.86. The fourth-order valence-corrected chi connectivity index (χ4v) is 2.14. The van der Waals surface area contributed by atoms with Crippen molar-refractivity contribution in [1.82, 2.24) is 15.5 Å². The van der Waals surface area contributed by atoms with E-state index in [4.69, 9.17) is 21.9 Å². The molecule has 0 amide bonds. The van der Waals surface area contributed by atoms with Crippen molar-refractivity contribution in [3.8, 4) is 11.4 Å². The summed E-state index contributed by atoms with van der Waals surface area (Å²) in [5, 5.41) is 7.68. The van der Waals surface area contributed by atoms with Gasteiger partial charge in [-0.3, -0.25) is 0 Å². The van der Waals surface area contributed by atoms with Crippen LogP contribution < -0.4 is 11.1 Å². The Morgan fingerprint density at radius 3 is 2.78 bits per heavy atom. The van der Waals surface area contributed by atoms with Crippen LogP contribution in [0.4, 0.5) is 0 Å². The van der Waals surface area contributed by atoms with Crippen molar-refractivity contribution >= 4 is 17.6 Å². The van der Waals surface area contributed by atoms with Gasteiger partial charge in [0.2, 0.25) is 11.7 Å². The first kappa shape index (κ1) is 17.3. The standard InChI is InChI=1S/C16H22ClN5O/c1-2-3-4-5-10-19-16(18)20-11-14-21-15(22-23-14)12-6-8-13(17)9-7-12/h6-9H,2-5,10-11H2,1H3,(H3,18,19,20). The van der Waals surface area contributed by atoms with Gasteiger partial charge < -0.3 is 15.6 Å². The third-order valence-corrected chi connectivity index (χ3v) is 3.54. The summed E-state index contributed by atoms with van der Waals surface area (Å²) in [5.41, 5.74) is 6.65. The number of guanidine groups is 1. The molecule has 0 spiro atoms. The van der Waals surface area contributed by atoms with Gasteiger partial charge in [-0.25, -0.2) is 4.99 Å². The molecule has 6 nitrogen and oxygen atoms in total. The Bertz CT molecular complexity index is 624. The van der Waals surface area contributed by atoms with Gasteiger partial charge in [0.1, 0.15) is 6.54 Å². The predicted molar refractivity (Wildman–Crippen MR) is 92.2 cm³/mol. The zero-order valence-electron chi connectivity index (χ0n) is 13.3. The van der Waals surface area contributed by atoms with Crippen LogP contribution in [-0.2, 0) is 6.54 Å². The number of aliphatic imine (C=N–C) groups is 1. The van der Waals surface area contributed by atoms with Crippen LogP contribution in [0, 0.1) is 0 Å². The highest BCUT2D eigenvalue weighted by Gasteiger charge is 2.08. The Hall–Kier alpha value is -2.08. The molecule has 124 valence electrons. The molecule has 2 rings (SSSR count). The zero-order valence-corrected chi connectivity index (χ0v) is 14.0. The monoisotopic (exact) mass is 335 g/mol. The van der Waals surface area contributed by atoms with E-state index in [1.165, 1.54) is 19.3 Å². The van der Waals surface area contributed by atoms with E-state index in [1.54, 1.807) is 12.1 Å². The molecule has 0 saturated heterocycles. The second kappa shape index (κ2) is 9.15. The number of hydrogen-bond acceptors (Lipinski definition) is 4. The van der Waals surface area contributed by atoms with Gasteiger partial charge in [0.05, 0.1) is 0 Å². The molecule has 1 aromatic carbocycles. The van der Waals surface area contributed by atoms with Crippen molar-refractivity contribution in [2.75, 3.05) is 6.54 Å². The molecule has 7 heteroatoms. The SMILES string of the molecule is CCCCCCNC(N)=NCc1nc(-c2ccc(Cl)cc2)no1. The predicted octanol–water partition coefficient (Wildman–Crippen LogP) is 3.37. The molecule has 0 fully saturated rings. The van der Waals surface area contributed by atoms with Gasteiger partial charge in [0.15, 0.2) is 5.96 Å². The third-order valence-electron chi connectivity index (χ3n) is 3.29. The Morgan fingerprint density at radius 2 is 2.04 bits per heavy atom. The second-order valence-corrected chi connectivity index (χ2v) is 5.64. The Morgan fingerprint density at radius 1 is 1.26 bits per heavy atom. The van der Waals surface area contributed by atoms with Gasteiger partial charge in [-0.15, -0.1) is 0 Å². The number of nitrogens with two attached hydrogens (primary N) is 1. The molecule has 2 aromatic rings. The molecule has 0 aliphatic heterocycles. The van der Waals surface area contributed by atoms with Crippen LogP contribution >= 0.6 is 11.6 Å². The summed E-state index contributed by atoms with van der Waals surface area (Å²) in [6.45, 7) is 3.27. The summed E-state index contributed by atoms with van der Waals surface area (Å²) in [5.74, 6) is 1.33. The first-order valence-electron chi connectivity index (χ1n) is 7.81. The third kappa shape index (κ3) is 5.90. The summed E-state index contributed by atoms with van der Waals surface area (Å²) < 4.78 is 5.17. The van der Waals surface area contributed by atoms with Crippen molar-refractivity contribution in [2.45, 2.75) is 39.2 Å². The van der Waals surface area contributed by atoms with E-state index in [0.717, 1.165) is 18.5 Å². The largest absolute Gasteiger partial charge is 0.370 e. The molecule has 0 atom stereocenters. The van der Waals surface area contributed by atoms with Crippen LogP contribution in [0.3, 0.4) is 0 Å². The summed E-state index contributed by atoms with van der Waals surface area (Å²) in [4.78, 5) is 8.49. The van der Waals surface area contributed by atoms with Crippen molar-refractivity contribution in [1.29, 1.82) is 0 Å². The second-order valence-electron chi connectivity index (χ2n) is 5.21. The zero-order chi connectivity index (χ0) is 16.5. The minimum absolute atomic E-state index is 0.258. The molecular weight excluding hydrogens is 314 g/mol. The summed E-state index contributed by atoms with van der Waals surface area (Å²) in [6.07, 6.45) is 4.75. The van der Waals surface area contributed by atoms with Crippen LogP contribution in [-0.4, -0.2) is 22.6 Å². The maximum atomic E-state index is 5.86. The molecule has 1 heterocycles. The first-order chi connectivity index (χ1) is 11.2. The highest BCUT2D eigenvalue weighted by Crippen LogP contribution is 2.18. The van der Waals surface area contributed by atoms with Crippen molar-refractivity contribution < 1.29 is 4.52 Å². The molecule has 0 bridgehead atoms. The number of benzene rings is 1.